The monoisotopic (exact) mass is 200 g/mol. The van der Waals surface area contributed by atoms with Crippen LogP contribution < -0.4 is 0 Å². The summed E-state index contributed by atoms with van der Waals surface area (Å²) < 4.78 is 0. The molecule has 15 heavy (non-hydrogen) atoms. The van der Waals surface area contributed by atoms with Crippen molar-refractivity contribution in [1.82, 2.24) is 0 Å². The molecule has 1 saturated carbocycles. The predicted octanol–water partition coefficient (Wildman–Crippen LogP) is 4.71. The van der Waals surface area contributed by atoms with Crippen LogP contribution in [0, 0.1) is 0 Å². The molecule has 0 aromatic heterocycles. The summed E-state index contributed by atoms with van der Waals surface area (Å²) in [4.78, 5) is 0. The van der Waals surface area contributed by atoms with Crippen molar-refractivity contribution < 1.29 is 0 Å². The molecule has 0 radical (unpaired) electrons. The lowest BCUT2D eigenvalue weighted by atomic mass is 10.2. The Labute approximate surface area is 93.1 Å². The molecule has 0 aromatic rings. The van der Waals surface area contributed by atoms with Crippen LogP contribution in [0.2, 0.25) is 0 Å². The largest absolute Gasteiger partial charge is 0.0610 e. The van der Waals surface area contributed by atoms with Crippen LogP contribution in [0.25, 0.3) is 0 Å². The van der Waals surface area contributed by atoms with E-state index in [1.54, 1.807) is 0 Å². The van der Waals surface area contributed by atoms with Gasteiger partial charge in [0.25, 0.3) is 0 Å². The molecule has 1 fully saturated rings. The van der Waals surface area contributed by atoms with Gasteiger partial charge in [0.2, 0.25) is 0 Å². The van der Waals surface area contributed by atoms with Gasteiger partial charge in [-0.1, -0.05) is 81.4 Å². The first-order chi connectivity index (χ1) is 7.47. The van der Waals surface area contributed by atoms with Crippen LogP contribution in [0.15, 0.2) is 47.6 Å². The van der Waals surface area contributed by atoms with E-state index in [-0.39, 0.29) is 0 Å². The molecule has 0 N–H and O–H groups in total. The van der Waals surface area contributed by atoms with Crippen LogP contribution >= 0.6 is 0 Å². The average molecular weight is 200 g/mol. The van der Waals surface area contributed by atoms with E-state index in [1.165, 1.54) is 56.1 Å². The van der Waals surface area contributed by atoms with Crippen LogP contribution in [0.1, 0.15) is 44.9 Å². The maximum atomic E-state index is 2.12. The van der Waals surface area contributed by atoms with E-state index in [0.29, 0.717) is 0 Å². The molecular weight excluding hydrogens is 180 g/mol. The van der Waals surface area contributed by atoms with Gasteiger partial charge in [0.1, 0.15) is 0 Å². The smallest absolute Gasteiger partial charge is 0.0184 e. The Hall–Kier alpha value is -1.04. The van der Waals surface area contributed by atoms with Crippen LogP contribution in [0.4, 0.5) is 0 Å². The fourth-order valence-electron chi connectivity index (χ4n) is 2.24. The minimum atomic E-state index is 1.35. The SMILES string of the molecule is C1=CC2=CC=CC2=C1.C1CCCCCC1. The second-order valence-corrected chi connectivity index (χ2v) is 4.44. The van der Waals surface area contributed by atoms with Crippen molar-refractivity contribution >= 4 is 0 Å². The molecule has 0 atom stereocenters. The highest BCUT2D eigenvalue weighted by Crippen LogP contribution is 2.23. The van der Waals surface area contributed by atoms with Gasteiger partial charge in [-0.05, 0) is 11.1 Å². The summed E-state index contributed by atoms with van der Waals surface area (Å²) in [6.07, 6.45) is 23.1. The molecule has 80 valence electrons. The normalized spacial score (nSPS) is 22.4. The maximum absolute atomic E-state index is 2.12. The van der Waals surface area contributed by atoms with Crippen LogP contribution in [0.5, 0.6) is 0 Å². The van der Waals surface area contributed by atoms with Crippen molar-refractivity contribution in [1.29, 1.82) is 0 Å². The van der Waals surface area contributed by atoms with Gasteiger partial charge in [-0.2, -0.15) is 0 Å². The number of hydrogen-bond acceptors (Lipinski definition) is 0. The van der Waals surface area contributed by atoms with Gasteiger partial charge in [-0.3, -0.25) is 0 Å². The predicted molar refractivity (Wildman–Crippen MR) is 66.8 cm³/mol. The van der Waals surface area contributed by atoms with Crippen LogP contribution in [0.3, 0.4) is 0 Å². The topological polar surface area (TPSA) is 0 Å². The summed E-state index contributed by atoms with van der Waals surface area (Å²) in [6.45, 7) is 0. The fourth-order valence-corrected chi connectivity index (χ4v) is 2.24. The van der Waals surface area contributed by atoms with E-state index < -0.39 is 0 Å². The third-order valence-electron chi connectivity index (χ3n) is 3.19. The molecule has 3 rings (SSSR count). The second-order valence-electron chi connectivity index (χ2n) is 4.44. The molecule has 0 amide bonds. The van der Waals surface area contributed by atoms with E-state index in [0.717, 1.165) is 0 Å². The van der Waals surface area contributed by atoms with Gasteiger partial charge in [-0.25, -0.2) is 0 Å². The summed E-state index contributed by atoms with van der Waals surface area (Å²) in [5, 5.41) is 0. The van der Waals surface area contributed by atoms with E-state index >= 15 is 0 Å². The van der Waals surface area contributed by atoms with Gasteiger partial charge < -0.3 is 0 Å². The molecular formula is C15H20. The second kappa shape index (κ2) is 5.75. The zero-order chi connectivity index (χ0) is 10.3. The first kappa shape index (κ1) is 10.5. The average Bonchev–Trinajstić information content (AvgIpc) is 2.73. The first-order valence-electron chi connectivity index (χ1n) is 6.24. The van der Waals surface area contributed by atoms with Gasteiger partial charge in [0.05, 0.1) is 0 Å². The molecule has 3 aliphatic rings. The zero-order valence-electron chi connectivity index (χ0n) is 9.41. The quantitative estimate of drug-likeness (QED) is 0.497. The molecule has 0 spiro atoms. The van der Waals surface area contributed by atoms with E-state index in [2.05, 4.69) is 36.5 Å². The van der Waals surface area contributed by atoms with Crippen LogP contribution in [-0.4, -0.2) is 0 Å². The zero-order valence-corrected chi connectivity index (χ0v) is 9.41. The van der Waals surface area contributed by atoms with Crippen molar-refractivity contribution in [3.63, 3.8) is 0 Å². The lowest BCUT2D eigenvalue weighted by molar-refractivity contribution is 0.702. The van der Waals surface area contributed by atoms with Crippen molar-refractivity contribution in [2.24, 2.45) is 0 Å². The minimum Gasteiger partial charge on any atom is -0.0610 e. The highest BCUT2D eigenvalue weighted by Gasteiger charge is 2.04. The van der Waals surface area contributed by atoms with Gasteiger partial charge in [0.15, 0.2) is 0 Å². The van der Waals surface area contributed by atoms with Crippen molar-refractivity contribution in [3.8, 4) is 0 Å². The summed E-state index contributed by atoms with van der Waals surface area (Å²) in [5.74, 6) is 0. The van der Waals surface area contributed by atoms with Crippen LogP contribution in [-0.2, 0) is 0 Å². The van der Waals surface area contributed by atoms with Crippen molar-refractivity contribution in [3.05, 3.63) is 47.6 Å². The molecule has 3 aliphatic carbocycles. The molecule has 0 bridgehead atoms. The van der Waals surface area contributed by atoms with E-state index in [9.17, 15) is 0 Å². The Morgan fingerprint density at radius 1 is 0.533 bits per heavy atom. The summed E-state index contributed by atoms with van der Waals surface area (Å²) >= 11 is 0. The maximum Gasteiger partial charge on any atom is -0.0184 e. The number of allylic oxidation sites excluding steroid dienone is 8. The van der Waals surface area contributed by atoms with Crippen molar-refractivity contribution in [2.75, 3.05) is 0 Å². The lowest BCUT2D eigenvalue weighted by Crippen LogP contribution is -1.67. The Bertz CT molecular complexity index is 267. The Morgan fingerprint density at radius 2 is 0.867 bits per heavy atom. The van der Waals surface area contributed by atoms with Gasteiger partial charge in [0, 0.05) is 0 Å². The molecule has 0 heterocycles. The van der Waals surface area contributed by atoms with Crippen molar-refractivity contribution in [2.45, 2.75) is 44.9 Å². The lowest BCUT2D eigenvalue weighted by Gasteiger charge is -1.85. The molecule has 0 saturated heterocycles. The highest BCUT2D eigenvalue weighted by atomic mass is 14.1. The Balaban J connectivity index is 0.000000115. The third kappa shape index (κ3) is 3.23. The van der Waals surface area contributed by atoms with Gasteiger partial charge in [-0.15, -0.1) is 0 Å². The summed E-state index contributed by atoms with van der Waals surface area (Å²) in [5.41, 5.74) is 2.70. The fraction of sp³-hybridized carbons (Fsp3) is 0.467. The van der Waals surface area contributed by atoms with Gasteiger partial charge >= 0.3 is 0 Å². The number of rotatable bonds is 0. The summed E-state index contributed by atoms with van der Waals surface area (Å²) in [7, 11) is 0. The molecule has 0 heteroatoms. The Morgan fingerprint density at radius 3 is 1.20 bits per heavy atom. The molecule has 0 unspecified atom stereocenters. The number of hydrogen-bond donors (Lipinski definition) is 0. The third-order valence-corrected chi connectivity index (χ3v) is 3.19. The van der Waals surface area contributed by atoms with E-state index in [1.807, 2.05) is 0 Å². The molecule has 0 aliphatic heterocycles. The Kier molecular flexibility index (Phi) is 4.01. The standard InChI is InChI=1S/C8H6.C7H14/c1-3-7-5-2-6-8(7)4-1;1-2-4-6-7-5-3-1/h1-6H;1-7H2. The molecule has 0 aromatic carbocycles. The summed E-state index contributed by atoms with van der Waals surface area (Å²) in [6, 6.07) is 0. The van der Waals surface area contributed by atoms with E-state index in [4.69, 9.17) is 0 Å². The minimum absolute atomic E-state index is 1.35. The number of fused-ring (bicyclic) bond motifs is 1. The highest BCUT2D eigenvalue weighted by molar-refractivity contribution is 5.59. The first-order valence-corrected chi connectivity index (χ1v) is 6.24. The molecule has 0 nitrogen and oxygen atoms in total.